The van der Waals surface area contributed by atoms with Gasteiger partial charge in [-0.3, -0.25) is 9.78 Å². The number of nitrogens with two attached hydrogens (primary N) is 1. The predicted octanol–water partition coefficient (Wildman–Crippen LogP) is -0.828. The van der Waals surface area contributed by atoms with Crippen molar-refractivity contribution in [3.05, 3.63) is 28.8 Å². The largest absolute Gasteiger partial charge is 0.396 e. The van der Waals surface area contributed by atoms with E-state index in [1.165, 1.54) is 6.33 Å². The van der Waals surface area contributed by atoms with Gasteiger partial charge in [-0.2, -0.15) is 4.98 Å². The fourth-order valence-electron chi connectivity index (χ4n) is 2.83. The van der Waals surface area contributed by atoms with Gasteiger partial charge >= 0.3 is 0 Å². The SMILES string of the molecule is C=C1C[C@@H](O)[C@@H](CO)[C@@H]1n1cnc2c(=O)[nH]c(N)nc21. The molecule has 0 saturated heterocycles. The molecule has 0 aliphatic heterocycles. The molecule has 1 fully saturated rings. The Balaban J connectivity index is 2.19. The second-order valence-electron chi connectivity index (χ2n) is 5.00. The predicted molar refractivity (Wildman–Crippen MR) is 71.9 cm³/mol. The van der Waals surface area contributed by atoms with E-state index in [1.54, 1.807) is 4.57 Å². The maximum absolute atomic E-state index is 11.8. The average molecular weight is 277 g/mol. The molecule has 0 radical (unpaired) electrons. The van der Waals surface area contributed by atoms with Crippen LogP contribution in [0.3, 0.4) is 0 Å². The lowest BCUT2D eigenvalue weighted by molar-refractivity contribution is 0.0749. The Labute approximate surface area is 113 Å². The quantitative estimate of drug-likeness (QED) is 0.530. The van der Waals surface area contributed by atoms with E-state index in [1.807, 2.05) is 0 Å². The van der Waals surface area contributed by atoms with Crippen LogP contribution >= 0.6 is 0 Å². The van der Waals surface area contributed by atoms with E-state index >= 15 is 0 Å². The molecule has 0 aromatic carbocycles. The highest BCUT2D eigenvalue weighted by atomic mass is 16.3. The Bertz CT molecular complexity index is 734. The van der Waals surface area contributed by atoms with Crippen LogP contribution < -0.4 is 11.3 Å². The minimum atomic E-state index is -0.672. The summed E-state index contributed by atoms with van der Waals surface area (Å²) in [6.45, 7) is 3.74. The number of fused-ring (bicyclic) bond motifs is 1. The first-order chi connectivity index (χ1) is 9.52. The number of H-pyrrole nitrogens is 1. The van der Waals surface area contributed by atoms with Crippen molar-refractivity contribution < 1.29 is 10.2 Å². The zero-order valence-corrected chi connectivity index (χ0v) is 10.7. The number of imidazole rings is 1. The Morgan fingerprint density at radius 1 is 1.60 bits per heavy atom. The Morgan fingerprint density at radius 2 is 2.35 bits per heavy atom. The third-order valence-electron chi connectivity index (χ3n) is 3.75. The number of rotatable bonds is 2. The fraction of sp³-hybridized carbons (Fsp3) is 0.417. The molecule has 3 atom stereocenters. The van der Waals surface area contributed by atoms with Gasteiger partial charge in [-0.15, -0.1) is 0 Å². The molecule has 1 aliphatic rings. The maximum Gasteiger partial charge on any atom is 0.280 e. The molecule has 0 spiro atoms. The molecule has 1 saturated carbocycles. The van der Waals surface area contributed by atoms with Crippen LogP contribution in [0.4, 0.5) is 5.95 Å². The second kappa shape index (κ2) is 4.43. The summed E-state index contributed by atoms with van der Waals surface area (Å²) < 4.78 is 1.64. The monoisotopic (exact) mass is 277 g/mol. The third-order valence-corrected chi connectivity index (χ3v) is 3.75. The molecule has 20 heavy (non-hydrogen) atoms. The molecule has 2 aromatic rings. The van der Waals surface area contributed by atoms with Crippen molar-refractivity contribution in [3.8, 4) is 0 Å². The minimum absolute atomic E-state index is 0.00560. The van der Waals surface area contributed by atoms with Crippen LogP contribution in [0, 0.1) is 5.92 Å². The van der Waals surface area contributed by atoms with Gasteiger partial charge in [0.05, 0.1) is 25.1 Å². The van der Waals surface area contributed by atoms with Crippen molar-refractivity contribution in [2.24, 2.45) is 5.92 Å². The van der Waals surface area contributed by atoms with Crippen LogP contribution in [0.1, 0.15) is 12.5 Å². The van der Waals surface area contributed by atoms with E-state index < -0.39 is 17.6 Å². The highest BCUT2D eigenvalue weighted by Crippen LogP contribution is 2.40. The van der Waals surface area contributed by atoms with Gasteiger partial charge in [-0.05, 0) is 6.42 Å². The van der Waals surface area contributed by atoms with Gasteiger partial charge in [0.15, 0.2) is 11.2 Å². The van der Waals surface area contributed by atoms with Crippen LogP contribution in [0.25, 0.3) is 11.2 Å². The van der Waals surface area contributed by atoms with Gasteiger partial charge in [0.2, 0.25) is 5.95 Å². The molecule has 106 valence electrons. The van der Waals surface area contributed by atoms with E-state index in [-0.39, 0.29) is 24.1 Å². The summed E-state index contributed by atoms with van der Waals surface area (Å²) in [7, 11) is 0. The van der Waals surface area contributed by atoms with Crippen molar-refractivity contribution >= 4 is 17.1 Å². The molecule has 3 rings (SSSR count). The van der Waals surface area contributed by atoms with Gasteiger partial charge in [0.1, 0.15) is 0 Å². The lowest BCUT2D eigenvalue weighted by Gasteiger charge is -2.21. The minimum Gasteiger partial charge on any atom is -0.396 e. The number of nitrogens with zero attached hydrogens (tertiary/aromatic N) is 3. The first-order valence-corrected chi connectivity index (χ1v) is 6.22. The number of nitrogens with one attached hydrogen (secondary N) is 1. The van der Waals surface area contributed by atoms with Gasteiger partial charge in [-0.25, -0.2) is 4.98 Å². The summed E-state index contributed by atoms with van der Waals surface area (Å²) >= 11 is 0. The molecule has 0 bridgehead atoms. The topological polar surface area (TPSA) is 130 Å². The molecule has 8 heteroatoms. The van der Waals surface area contributed by atoms with E-state index in [2.05, 4.69) is 21.5 Å². The normalized spacial score (nSPS) is 26.5. The molecular weight excluding hydrogens is 262 g/mol. The molecule has 0 unspecified atom stereocenters. The smallest absolute Gasteiger partial charge is 0.280 e. The molecule has 8 nitrogen and oxygen atoms in total. The van der Waals surface area contributed by atoms with Crippen LogP contribution in [0.2, 0.25) is 0 Å². The molecule has 2 heterocycles. The van der Waals surface area contributed by atoms with Gasteiger partial charge in [0, 0.05) is 5.92 Å². The van der Waals surface area contributed by atoms with E-state index in [0.717, 1.165) is 5.57 Å². The molecular formula is C12H15N5O3. The summed E-state index contributed by atoms with van der Waals surface area (Å²) in [6, 6.07) is -0.353. The summed E-state index contributed by atoms with van der Waals surface area (Å²) in [5.74, 6) is -0.406. The van der Waals surface area contributed by atoms with E-state index in [0.29, 0.717) is 12.1 Å². The van der Waals surface area contributed by atoms with Crippen molar-refractivity contribution in [1.82, 2.24) is 19.5 Å². The average Bonchev–Trinajstić information content (AvgIpc) is 2.89. The van der Waals surface area contributed by atoms with Crippen molar-refractivity contribution in [3.63, 3.8) is 0 Å². The molecule has 1 aliphatic carbocycles. The van der Waals surface area contributed by atoms with Gasteiger partial charge in [-0.1, -0.05) is 12.2 Å². The highest BCUT2D eigenvalue weighted by Gasteiger charge is 2.39. The second-order valence-corrected chi connectivity index (χ2v) is 5.00. The summed E-state index contributed by atoms with van der Waals surface area (Å²) in [6.07, 6.45) is 1.19. The first-order valence-electron chi connectivity index (χ1n) is 6.22. The standard InChI is InChI=1S/C12H15N5O3/c1-5-2-7(19)6(3-18)9(5)17-4-14-8-10(17)15-12(13)16-11(8)20/h4,6-7,9,18-19H,1-3H2,(H3,13,15,16,20)/t6-,7-,9-/m1/s1. The van der Waals surface area contributed by atoms with Crippen molar-refractivity contribution in [1.29, 1.82) is 0 Å². The summed E-state index contributed by atoms with van der Waals surface area (Å²) in [5, 5.41) is 19.4. The first kappa shape index (κ1) is 12.8. The Morgan fingerprint density at radius 3 is 3.05 bits per heavy atom. The molecule has 2 aromatic heterocycles. The third kappa shape index (κ3) is 1.73. The van der Waals surface area contributed by atoms with E-state index in [4.69, 9.17) is 5.73 Å². The summed E-state index contributed by atoms with van der Waals surface area (Å²) in [5.41, 5.74) is 6.39. The maximum atomic E-state index is 11.8. The van der Waals surface area contributed by atoms with Gasteiger partial charge < -0.3 is 20.5 Å². The lowest BCUT2D eigenvalue weighted by Crippen LogP contribution is -2.25. The van der Waals surface area contributed by atoms with Crippen molar-refractivity contribution in [2.75, 3.05) is 12.3 Å². The summed E-state index contributed by atoms with van der Waals surface area (Å²) in [4.78, 5) is 22.2. The van der Waals surface area contributed by atoms with Crippen molar-refractivity contribution in [2.45, 2.75) is 18.6 Å². The number of nitrogen functional groups attached to an aromatic ring is 1. The number of hydrogen-bond acceptors (Lipinski definition) is 6. The molecule has 0 amide bonds. The zero-order valence-electron chi connectivity index (χ0n) is 10.7. The lowest BCUT2D eigenvalue weighted by atomic mass is 10.0. The van der Waals surface area contributed by atoms with Crippen LogP contribution in [-0.4, -0.2) is 42.4 Å². The van der Waals surface area contributed by atoms with Crippen LogP contribution in [0.15, 0.2) is 23.3 Å². The van der Waals surface area contributed by atoms with Crippen LogP contribution in [0.5, 0.6) is 0 Å². The van der Waals surface area contributed by atoms with E-state index in [9.17, 15) is 15.0 Å². The number of aliphatic hydroxyl groups is 2. The fourth-order valence-corrected chi connectivity index (χ4v) is 2.83. The van der Waals surface area contributed by atoms with Gasteiger partial charge in [0.25, 0.3) is 5.56 Å². The number of anilines is 1. The van der Waals surface area contributed by atoms with Crippen LogP contribution in [-0.2, 0) is 0 Å². The zero-order chi connectivity index (χ0) is 14.4. The Kier molecular flexibility index (Phi) is 2.84. The number of aromatic amines is 1. The highest BCUT2D eigenvalue weighted by molar-refractivity contribution is 5.71. The Hall–Kier alpha value is -2.19. The number of hydrogen-bond donors (Lipinski definition) is 4. The number of aliphatic hydroxyl groups excluding tert-OH is 2. The molecule has 5 N–H and O–H groups in total. The number of aromatic nitrogens is 4.